The minimum atomic E-state index is -1.24. The van der Waals surface area contributed by atoms with E-state index in [9.17, 15) is 15.3 Å². The first-order valence-corrected chi connectivity index (χ1v) is 4.93. The third kappa shape index (κ3) is 1.85. The van der Waals surface area contributed by atoms with E-state index in [0.717, 1.165) is 5.57 Å². The van der Waals surface area contributed by atoms with Gasteiger partial charge in [-0.15, -0.1) is 0 Å². The highest BCUT2D eigenvalue weighted by atomic mass is 16.4. The van der Waals surface area contributed by atoms with E-state index in [-0.39, 0.29) is 6.42 Å². The van der Waals surface area contributed by atoms with Crippen LogP contribution < -0.4 is 0 Å². The fourth-order valence-corrected chi connectivity index (χ4v) is 1.79. The van der Waals surface area contributed by atoms with Crippen LogP contribution in [-0.4, -0.2) is 32.1 Å². The minimum absolute atomic E-state index is 0.172. The summed E-state index contributed by atoms with van der Waals surface area (Å²) in [6.07, 6.45) is 2.35. The lowest BCUT2D eigenvalue weighted by molar-refractivity contribution is -0.161. The molecule has 14 heavy (non-hydrogen) atoms. The van der Waals surface area contributed by atoms with Crippen molar-refractivity contribution in [2.24, 2.45) is 0 Å². The SMILES string of the molecule is CC1=CCC(O)(C(C)(C)O)C[C@]1(C)O. The monoisotopic (exact) mass is 200 g/mol. The fourth-order valence-electron chi connectivity index (χ4n) is 1.79. The molecule has 0 radical (unpaired) electrons. The summed E-state index contributed by atoms with van der Waals surface area (Å²) in [5, 5.41) is 30.0. The topological polar surface area (TPSA) is 60.7 Å². The number of hydrogen-bond acceptors (Lipinski definition) is 3. The standard InChI is InChI=1S/C11H20O3/c1-8-5-6-11(14,9(2,3)12)7-10(8,4)13/h5,12-14H,6-7H2,1-4H3/t10-,11?/m0/s1. The van der Waals surface area contributed by atoms with Crippen LogP contribution >= 0.6 is 0 Å². The van der Waals surface area contributed by atoms with Crippen molar-refractivity contribution in [3.05, 3.63) is 11.6 Å². The van der Waals surface area contributed by atoms with Crippen molar-refractivity contribution in [1.29, 1.82) is 0 Å². The lowest BCUT2D eigenvalue weighted by Gasteiger charge is -2.46. The Morgan fingerprint density at radius 2 is 1.86 bits per heavy atom. The molecule has 3 N–H and O–H groups in total. The molecule has 0 saturated heterocycles. The third-order valence-electron chi connectivity index (χ3n) is 3.37. The Hall–Kier alpha value is -0.380. The van der Waals surface area contributed by atoms with Gasteiger partial charge in [0, 0.05) is 6.42 Å². The first-order chi connectivity index (χ1) is 6.08. The third-order valence-corrected chi connectivity index (χ3v) is 3.37. The van der Waals surface area contributed by atoms with Gasteiger partial charge in [-0.05, 0) is 39.7 Å². The van der Waals surface area contributed by atoms with Gasteiger partial charge in [-0.25, -0.2) is 0 Å². The van der Waals surface area contributed by atoms with Crippen LogP contribution in [0.25, 0.3) is 0 Å². The molecule has 0 bridgehead atoms. The average molecular weight is 200 g/mol. The number of rotatable bonds is 1. The zero-order chi connectivity index (χ0) is 11.2. The summed E-state index contributed by atoms with van der Waals surface area (Å²) in [5.74, 6) is 0. The normalized spacial score (nSPS) is 39.5. The van der Waals surface area contributed by atoms with Crippen molar-refractivity contribution in [2.75, 3.05) is 0 Å². The quantitative estimate of drug-likeness (QED) is 0.553. The minimum Gasteiger partial charge on any atom is -0.387 e. The lowest BCUT2D eigenvalue weighted by atomic mass is 9.69. The first-order valence-electron chi connectivity index (χ1n) is 4.93. The van der Waals surface area contributed by atoms with Gasteiger partial charge in [0.15, 0.2) is 0 Å². The van der Waals surface area contributed by atoms with E-state index in [2.05, 4.69) is 0 Å². The van der Waals surface area contributed by atoms with Gasteiger partial charge in [0.05, 0.1) is 16.8 Å². The number of hydrogen-bond donors (Lipinski definition) is 3. The molecular weight excluding hydrogens is 180 g/mol. The summed E-state index contributed by atoms with van der Waals surface area (Å²) in [6.45, 7) is 6.63. The zero-order valence-electron chi connectivity index (χ0n) is 9.33. The van der Waals surface area contributed by atoms with Crippen LogP contribution in [0.5, 0.6) is 0 Å². The molecule has 0 aromatic carbocycles. The Balaban J connectivity index is 3.01. The summed E-state index contributed by atoms with van der Waals surface area (Å²) in [4.78, 5) is 0. The first kappa shape index (κ1) is 11.7. The number of aliphatic hydroxyl groups is 3. The van der Waals surface area contributed by atoms with Crippen LogP contribution in [0, 0.1) is 0 Å². The van der Waals surface area contributed by atoms with E-state index in [1.54, 1.807) is 26.8 Å². The molecule has 0 aliphatic heterocycles. The second kappa shape index (κ2) is 3.05. The molecule has 1 aliphatic carbocycles. The molecule has 1 aliphatic rings. The van der Waals surface area contributed by atoms with Gasteiger partial charge in [0.1, 0.15) is 0 Å². The molecule has 0 amide bonds. The van der Waals surface area contributed by atoms with Crippen molar-refractivity contribution in [2.45, 2.75) is 57.3 Å². The van der Waals surface area contributed by atoms with Crippen LogP contribution in [-0.2, 0) is 0 Å². The van der Waals surface area contributed by atoms with Gasteiger partial charge < -0.3 is 15.3 Å². The van der Waals surface area contributed by atoms with Crippen LogP contribution in [0.2, 0.25) is 0 Å². The fraction of sp³-hybridized carbons (Fsp3) is 0.818. The summed E-state index contributed by atoms with van der Waals surface area (Å²) in [6, 6.07) is 0. The molecule has 0 spiro atoms. The van der Waals surface area contributed by atoms with Gasteiger partial charge in [-0.2, -0.15) is 0 Å². The lowest BCUT2D eigenvalue weighted by Crippen LogP contribution is -2.56. The van der Waals surface area contributed by atoms with Crippen molar-refractivity contribution in [3.63, 3.8) is 0 Å². The van der Waals surface area contributed by atoms with E-state index in [1.807, 2.05) is 6.92 Å². The van der Waals surface area contributed by atoms with E-state index in [0.29, 0.717) is 6.42 Å². The molecule has 3 nitrogen and oxygen atoms in total. The predicted molar refractivity (Wildman–Crippen MR) is 54.9 cm³/mol. The smallest absolute Gasteiger partial charge is 0.0992 e. The highest BCUT2D eigenvalue weighted by Crippen LogP contribution is 2.40. The van der Waals surface area contributed by atoms with Gasteiger partial charge in [0.25, 0.3) is 0 Å². The molecule has 1 rings (SSSR count). The second-order valence-corrected chi connectivity index (χ2v) is 5.13. The maximum atomic E-state index is 10.2. The molecule has 0 aromatic rings. The van der Waals surface area contributed by atoms with Gasteiger partial charge >= 0.3 is 0 Å². The van der Waals surface area contributed by atoms with E-state index < -0.39 is 16.8 Å². The molecule has 0 heterocycles. The zero-order valence-corrected chi connectivity index (χ0v) is 9.33. The molecule has 3 heteroatoms. The molecular formula is C11H20O3. The second-order valence-electron chi connectivity index (χ2n) is 5.13. The molecule has 82 valence electrons. The molecule has 0 aromatic heterocycles. The summed E-state index contributed by atoms with van der Waals surface area (Å²) < 4.78 is 0. The van der Waals surface area contributed by atoms with E-state index in [1.165, 1.54) is 0 Å². The van der Waals surface area contributed by atoms with E-state index >= 15 is 0 Å². The molecule has 0 fully saturated rings. The Bertz CT molecular complexity index is 260. The summed E-state index contributed by atoms with van der Waals surface area (Å²) in [5.41, 5.74) is -2.61. The van der Waals surface area contributed by atoms with Gasteiger partial charge in [0.2, 0.25) is 0 Å². The summed E-state index contributed by atoms with van der Waals surface area (Å²) >= 11 is 0. The largest absolute Gasteiger partial charge is 0.387 e. The predicted octanol–water partition coefficient (Wildman–Crippen LogP) is 0.980. The Morgan fingerprint density at radius 3 is 2.21 bits per heavy atom. The van der Waals surface area contributed by atoms with Crippen LogP contribution in [0.15, 0.2) is 11.6 Å². The maximum Gasteiger partial charge on any atom is 0.0992 e. The van der Waals surface area contributed by atoms with Crippen LogP contribution in [0.1, 0.15) is 40.5 Å². The Morgan fingerprint density at radius 1 is 1.36 bits per heavy atom. The Kier molecular flexibility index (Phi) is 2.55. The average Bonchev–Trinajstić information content (AvgIpc) is 1.94. The van der Waals surface area contributed by atoms with Crippen molar-refractivity contribution in [1.82, 2.24) is 0 Å². The van der Waals surface area contributed by atoms with Crippen LogP contribution in [0.3, 0.4) is 0 Å². The molecule has 1 unspecified atom stereocenters. The summed E-state index contributed by atoms with van der Waals surface area (Å²) in [7, 11) is 0. The van der Waals surface area contributed by atoms with E-state index in [4.69, 9.17) is 0 Å². The van der Waals surface area contributed by atoms with Crippen molar-refractivity contribution in [3.8, 4) is 0 Å². The van der Waals surface area contributed by atoms with Crippen molar-refractivity contribution >= 4 is 0 Å². The molecule has 2 atom stereocenters. The highest BCUT2D eigenvalue weighted by molar-refractivity contribution is 5.22. The Labute approximate surface area is 85.1 Å². The van der Waals surface area contributed by atoms with Gasteiger partial charge in [-0.1, -0.05) is 6.08 Å². The highest BCUT2D eigenvalue weighted by Gasteiger charge is 2.48. The van der Waals surface area contributed by atoms with Crippen LogP contribution in [0.4, 0.5) is 0 Å². The maximum absolute atomic E-state index is 10.2. The van der Waals surface area contributed by atoms with Crippen molar-refractivity contribution < 1.29 is 15.3 Å². The van der Waals surface area contributed by atoms with Gasteiger partial charge in [-0.3, -0.25) is 0 Å². The molecule has 0 saturated carbocycles.